The van der Waals surface area contributed by atoms with Gasteiger partial charge in [-0.2, -0.15) is 0 Å². The maximum absolute atomic E-state index is 4.34. The number of halogens is 2. The number of nitrogens with one attached hydrogen (secondary N) is 2. The molecule has 5 heteroatoms. The van der Waals surface area contributed by atoms with Gasteiger partial charge < -0.3 is 10.6 Å². The Morgan fingerprint density at radius 1 is 1.24 bits per heavy atom. The molecule has 0 unspecified atom stereocenters. The Bertz CT molecular complexity index is 457. The minimum absolute atomic E-state index is 0. The Morgan fingerprint density at radius 3 is 2.71 bits per heavy atom. The minimum Gasteiger partial charge on any atom is -0.354 e. The Kier molecular flexibility index (Phi) is 4.09. The number of benzene rings is 1. The molecule has 0 radical (unpaired) electrons. The summed E-state index contributed by atoms with van der Waals surface area (Å²) in [6, 6.07) is 4.48. The number of fused-ring (bicyclic) bond motifs is 1. The molecule has 92 valence electrons. The average molecular weight is 361 g/mol. The zero-order chi connectivity index (χ0) is 11.0. The molecule has 2 aliphatic rings. The number of hydrogen-bond acceptors (Lipinski definition) is 3. The van der Waals surface area contributed by atoms with E-state index < -0.39 is 0 Å². The highest BCUT2D eigenvalue weighted by Gasteiger charge is 2.15. The van der Waals surface area contributed by atoms with Gasteiger partial charge in [-0.1, -0.05) is 0 Å². The Balaban J connectivity index is 0.00000108. The van der Waals surface area contributed by atoms with Gasteiger partial charge in [0.15, 0.2) is 5.96 Å². The van der Waals surface area contributed by atoms with E-state index in [2.05, 4.69) is 43.7 Å². The molecule has 0 fully saturated rings. The van der Waals surface area contributed by atoms with E-state index in [1.54, 1.807) is 0 Å². The van der Waals surface area contributed by atoms with Gasteiger partial charge in [-0.3, -0.25) is 4.99 Å². The van der Waals surface area contributed by atoms with Crippen molar-refractivity contribution >= 4 is 44.6 Å². The van der Waals surface area contributed by atoms with Crippen LogP contribution in [0.4, 0.5) is 5.69 Å². The molecule has 3 nitrogen and oxygen atoms in total. The topological polar surface area (TPSA) is 36.4 Å². The van der Waals surface area contributed by atoms with Crippen molar-refractivity contribution in [2.75, 3.05) is 18.4 Å². The van der Waals surface area contributed by atoms with Crippen LogP contribution in [0.1, 0.15) is 17.5 Å². The van der Waals surface area contributed by atoms with E-state index in [0.717, 1.165) is 29.2 Å². The number of hydrogen-bond donors (Lipinski definition) is 2. The van der Waals surface area contributed by atoms with E-state index in [0.29, 0.717) is 0 Å². The third kappa shape index (κ3) is 2.65. The highest BCUT2D eigenvalue weighted by atomic mass is 79.9. The van der Waals surface area contributed by atoms with Gasteiger partial charge in [-0.15, -0.1) is 17.0 Å². The van der Waals surface area contributed by atoms with Crippen molar-refractivity contribution in [2.24, 2.45) is 4.99 Å². The van der Waals surface area contributed by atoms with Crippen molar-refractivity contribution in [3.05, 3.63) is 27.7 Å². The number of guanidine groups is 1. The van der Waals surface area contributed by atoms with Gasteiger partial charge in [0.1, 0.15) is 0 Å². The van der Waals surface area contributed by atoms with Crippen LogP contribution in [0, 0.1) is 0 Å². The monoisotopic (exact) mass is 359 g/mol. The third-order valence-corrected chi connectivity index (χ3v) is 3.76. The summed E-state index contributed by atoms with van der Waals surface area (Å²) in [6.45, 7) is 1.80. The Hall–Kier alpha value is -0.550. The molecule has 0 amide bonds. The number of anilines is 1. The van der Waals surface area contributed by atoms with Crippen LogP contribution < -0.4 is 10.6 Å². The lowest BCUT2D eigenvalue weighted by molar-refractivity contribution is 0.912. The molecule has 3 rings (SSSR count). The summed E-state index contributed by atoms with van der Waals surface area (Å²) in [5.74, 6) is 0.888. The fourth-order valence-corrected chi connectivity index (χ4v) is 2.79. The molecule has 0 atom stereocenters. The van der Waals surface area contributed by atoms with Crippen LogP contribution in [0.5, 0.6) is 0 Å². The largest absolute Gasteiger partial charge is 0.354 e. The maximum atomic E-state index is 4.34. The standard InChI is InChI=1S/C12H14BrN3.BrH/c13-10-6-8-2-1-3-9(8)7-11(10)16-12-14-4-5-15-12;/h6-7H,1-5H2,(H2,14,15,16);1H. The van der Waals surface area contributed by atoms with Crippen LogP contribution in [-0.2, 0) is 12.8 Å². The molecule has 1 aromatic rings. The summed E-state index contributed by atoms with van der Waals surface area (Å²) < 4.78 is 1.13. The highest BCUT2D eigenvalue weighted by Crippen LogP contribution is 2.31. The normalized spacial score (nSPS) is 16.9. The van der Waals surface area contributed by atoms with Crippen molar-refractivity contribution in [3.63, 3.8) is 0 Å². The summed E-state index contributed by atoms with van der Waals surface area (Å²) in [7, 11) is 0. The zero-order valence-corrected chi connectivity index (χ0v) is 12.7. The fourth-order valence-electron chi connectivity index (χ4n) is 2.30. The lowest BCUT2D eigenvalue weighted by Crippen LogP contribution is -2.26. The minimum atomic E-state index is 0. The van der Waals surface area contributed by atoms with Gasteiger partial charge in [0.05, 0.1) is 12.2 Å². The summed E-state index contributed by atoms with van der Waals surface area (Å²) in [5.41, 5.74) is 4.08. The number of nitrogens with zero attached hydrogens (tertiary/aromatic N) is 1. The molecule has 2 N–H and O–H groups in total. The van der Waals surface area contributed by atoms with Gasteiger partial charge in [0.25, 0.3) is 0 Å². The Labute approximate surface area is 120 Å². The summed E-state index contributed by atoms with van der Waals surface area (Å²) in [4.78, 5) is 4.34. The SMILES string of the molecule is Br.Brc1cc2c(cc1NC1=NCCN1)CCC2. The summed E-state index contributed by atoms with van der Waals surface area (Å²) in [6.07, 6.45) is 3.70. The van der Waals surface area contributed by atoms with Crippen molar-refractivity contribution < 1.29 is 0 Å². The third-order valence-electron chi connectivity index (χ3n) is 3.11. The summed E-state index contributed by atoms with van der Waals surface area (Å²) in [5, 5.41) is 6.55. The molecule has 0 saturated carbocycles. The number of aryl methyl sites for hydroxylation is 2. The van der Waals surface area contributed by atoms with Crippen LogP contribution >= 0.6 is 32.9 Å². The summed E-state index contributed by atoms with van der Waals surface area (Å²) >= 11 is 3.61. The second-order valence-electron chi connectivity index (χ2n) is 4.24. The first-order valence-corrected chi connectivity index (χ1v) is 6.49. The molecular weight excluding hydrogens is 346 g/mol. The van der Waals surface area contributed by atoms with Gasteiger partial charge in [0, 0.05) is 11.0 Å². The van der Waals surface area contributed by atoms with Gasteiger partial charge in [0.2, 0.25) is 0 Å². The van der Waals surface area contributed by atoms with Crippen LogP contribution in [0.25, 0.3) is 0 Å². The van der Waals surface area contributed by atoms with E-state index >= 15 is 0 Å². The molecule has 1 aliphatic carbocycles. The lowest BCUT2D eigenvalue weighted by Gasteiger charge is -2.11. The molecule has 0 spiro atoms. The first-order valence-electron chi connectivity index (χ1n) is 5.69. The van der Waals surface area contributed by atoms with Crippen LogP contribution in [0.3, 0.4) is 0 Å². The molecular formula is C12H15Br2N3. The van der Waals surface area contributed by atoms with Gasteiger partial charge >= 0.3 is 0 Å². The van der Waals surface area contributed by atoms with Crippen molar-refractivity contribution in [1.82, 2.24) is 5.32 Å². The number of aliphatic imine (C=N–C) groups is 1. The molecule has 0 saturated heterocycles. The van der Waals surface area contributed by atoms with Gasteiger partial charge in [-0.25, -0.2) is 0 Å². The molecule has 0 aromatic heterocycles. The average Bonchev–Trinajstić information content (AvgIpc) is 2.89. The fraction of sp³-hybridized carbons (Fsp3) is 0.417. The van der Waals surface area contributed by atoms with Crippen molar-refractivity contribution in [1.29, 1.82) is 0 Å². The predicted molar refractivity (Wildman–Crippen MR) is 80.4 cm³/mol. The lowest BCUT2D eigenvalue weighted by atomic mass is 10.1. The van der Waals surface area contributed by atoms with E-state index in [4.69, 9.17) is 0 Å². The van der Waals surface area contributed by atoms with E-state index in [1.807, 2.05) is 0 Å². The number of rotatable bonds is 1. The second kappa shape index (κ2) is 5.40. The van der Waals surface area contributed by atoms with Crippen molar-refractivity contribution in [3.8, 4) is 0 Å². The molecule has 1 aliphatic heterocycles. The van der Waals surface area contributed by atoms with E-state index in [1.165, 1.54) is 30.4 Å². The highest BCUT2D eigenvalue weighted by molar-refractivity contribution is 9.10. The van der Waals surface area contributed by atoms with Crippen LogP contribution in [0.2, 0.25) is 0 Å². The molecule has 17 heavy (non-hydrogen) atoms. The quantitative estimate of drug-likeness (QED) is 0.807. The maximum Gasteiger partial charge on any atom is 0.195 e. The van der Waals surface area contributed by atoms with Crippen molar-refractivity contribution in [2.45, 2.75) is 19.3 Å². The predicted octanol–water partition coefficient (Wildman–Crippen LogP) is 2.89. The Morgan fingerprint density at radius 2 is 2.00 bits per heavy atom. The van der Waals surface area contributed by atoms with Crippen LogP contribution in [-0.4, -0.2) is 19.0 Å². The smallest absolute Gasteiger partial charge is 0.195 e. The second-order valence-corrected chi connectivity index (χ2v) is 5.09. The molecule has 1 aromatic carbocycles. The van der Waals surface area contributed by atoms with E-state index in [9.17, 15) is 0 Å². The molecule has 1 heterocycles. The zero-order valence-electron chi connectivity index (χ0n) is 9.42. The van der Waals surface area contributed by atoms with E-state index in [-0.39, 0.29) is 17.0 Å². The first kappa shape index (κ1) is 12.9. The first-order chi connectivity index (χ1) is 7.83. The molecule has 0 bridgehead atoms. The van der Waals surface area contributed by atoms with Crippen LogP contribution in [0.15, 0.2) is 21.6 Å². The van der Waals surface area contributed by atoms with Gasteiger partial charge in [-0.05, 0) is 58.5 Å².